The Morgan fingerprint density at radius 2 is 1.95 bits per heavy atom. The van der Waals surface area contributed by atoms with E-state index in [1.807, 2.05) is 30.5 Å². The van der Waals surface area contributed by atoms with Crippen molar-refractivity contribution in [2.45, 2.75) is 24.8 Å². The highest BCUT2D eigenvalue weighted by molar-refractivity contribution is 7.98. The number of carbonyl (C=O) groups is 1. The molecule has 10 heteroatoms. The summed E-state index contributed by atoms with van der Waals surface area (Å²) in [6, 6.07) is 15.9. The van der Waals surface area contributed by atoms with Gasteiger partial charge in [0, 0.05) is 21.6 Å². The molecule has 4 aromatic rings. The molecule has 194 valence electrons. The Hall–Kier alpha value is -3.04. The van der Waals surface area contributed by atoms with Gasteiger partial charge >= 0.3 is 5.97 Å². The van der Waals surface area contributed by atoms with E-state index >= 15 is 0 Å². The number of fused-ring (bicyclic) bond motifs is 1. The standard InChI is InChI=1S/C28H22Cl2N2O4S2/c1-4-35-27(34)24-15(2)31-28-32(25(24)16-5-9-19(37-3)10-6-16)26(33)23(38-28)14-18-8-12-22(36-18)20-11-7-17(29)13-21(20)30/h5-14,25H,4H2,1-3H3/b23-14-. The highest BCUT2D eigenvalue weighted by Gasteiger charge is 2.33. The summed E-state index contributed by atoms with van der Waals surface area (Å²) in [5.74, 6) is 0.550. The zero-order valence-corrected chi connectivity index (χ0v) is 23.8. The number of nitrogens with zero attached hydrogens (tertiary/aromatic N) is 2. The van der Waals surface area contributed by atoms with Gasteiger partial charge in [-0.2, -0.15) is 0 Å². The number of benzene rings is 2. The molecule has 1 aliphatic heterocycles. The van der Waals surface area contributed by atoms with Crippen LogP contribution in [-0.4, -0.2) is 23.4 Å². The molecule has 0 saturated heterocycles. The lowest BCUT2D eigenvalue weighted by Gasteiger charge is -2.24. The molecule has 1 atom stereocenters. The summed E-state index contributed by atoms with van der Waals surface area (Å²) in [4.78, 5) is 33.0. The monoisotopic (exact) mass is 584 g/mol. The Bertz CT molecular complexity index is 1750. The van der Waals surface area contributed by atoms with Crippen LogP contribution in [-0.2, 0) is 9.53 Å². The fraction of sp³-hybridized carbons (Fsp3) is 0.179. The van der Waals surface area contributed by atoms with E-state index < -0.39 is 12.0 Å². The zero-order valence-electron chi connectivity index (χ0n) is 20.7. The van der Waals surface area contributed by atoms with Crippen LogP contribution in [0.3, 0.4) is 0 Å². The molecule has 1 unspecified atom stereocenters. The van der Waals surface area contributed by atoms with Gasteiger partial charge in [-0.05, 0) is 68.1 Å². The first-order chi connectivity index (χ1) is 18.3. The van der Waals surface area contributed by atoms with Gasteiger partial charge in [-0.3, -0.25) is 9.36 Å². The van der Waals surface area contributed by atoms with Gasteiger partial charge in [0.05, 0.1) is 33.5 Å². The normalized spacial score (nSPS) is 15.4. The van der Waals surface area contributed by atoms with Gasteiger partial charge < -0.3 is 9.15 Å². The van der Waals surface area contributed by atoms with Crippen LogP contribution < -0.4 is 14.9 Å². The lowest BCUT2D eigenvalue weighted by molar-refractivity contribution is -0.139. The van der Waals surface area contributed by atoms with Crippen molar-refractivity contribution in [2.24, 2.45) is 4.99 Å². The Morgan fingerprint density at radius 1 is 1.18 bits per heavy atom. The summed E-state index contributed by atoms with van der Waals surface area (Å²) in [7, 11) is 0. The first-order valence-electron chi connectivity index (χ1n) is 11.7. The van der Waals surface area contributed by atoms with E-state index in [1.165, 1.54) is 11.3 Å². The summed E-state index contributed by atoms with van der Waals surface area (Å²) < 4.78 is 13.3. The van der Waals surface area contributed by atoms with Gasteiger partial charge in [0.15, 0.2) is 4.80 Å². The van der Waals surface area contributed by atoms with Gasteiger partial charge in [0.1, 0.15) is 11.5 Å². The predicted octanol–water partition coefficient (Wildman–Crippen LogP) is 6.09. The maximum absolute atomic E-state index is 13.8. The molecular weight excluding hydrogens is 563 g/mol. The molecule has 0 aliphatic carbocycles. The minimum absolute atomic E-state index is 0.219. The van der Waals surface area contributed by atoms with Crippen molar-refractivity contribution in [3.63, 3.8) is 0 Å². The van der Waals surface area contributed by atoms with Gasteiger partial charge in [0.25, 0.3) is 5.56 Å². The quantitative estimate of drug-likeness (QED) is 0.202. The molecule has 0 spiro atoms. The van der Waals surface area contributed by atoms with E-state index in [-0.39, 0.29) is 12.2 Å². The van der Waals surface area contributed by atoms with E-state index in [4.69, 9.17) is 32.4 Å². The molecule has 2 aromatic heterocycles. The Kier molecular flexibility index (Phi) is 7.68. The first kappa shape index (κ1) is 26.6. The van der Waals surface area contributed by atoms with Crippen LogP contribution in [0.2, 0.25) is 10.0 Å². The predicted molar refractivity (Wildman–Crippen MR) is 153 cm³/mol. The molecule has 5 rings (SSSR count). The van der Waals surface area contributed by atoms with Crippen LogP contribution in [0.15, 0.2) is 85.0 Å². The highest BCUT2D eigenvalue weighted by atomic mass is 35.5. The zero-order chi connectivity index (χ0) is 27.0. The average Bonchev–Trinajstić information content (AvgIpc) is 3.47. The molecule has 0 bridgehead atoms. The number of allylic oxidation sites excluding steroid dienone is 1. The maximum atomic E-state index is 13.8. The summed E-state index contributed by atoms with van der Waals surface area (Å²) in [5.41, 5.74) is 2.09. The summed E-state index contributed by atoms with van der Waals surface area (Å²) >= 11 is 15.2. The van der Waals surface area contributed by atoms with E-state index in [0.29, 0.717) is 47.7 Å². The molecule has 6 nitrogen and oxygen atoms in total. The number of hydrogen-bond acceptors (Lipinski definition) is 7. The van der Waals surface area contributed by atoms with Crippen molar-refractivity contribution in [3.8, 4) is 11.3 Å². The van der Waals surface area contributed by atoms with Crippen LogP contribution in [0.25, 0.3) is 17.4 Å². The van der Waals surface area contributed by atoms with Crippen molar-refractivity contribution in [1.82, 2.24) is 4.57 Å². The van der Waals surface area contributed by atoms with Crippen LogP contribution >= 0.6 is 46.3 Å². The molecule has 0 N–H and O–H groups in total. The summed E-state index contributed by atoms with van der Waals surface area (Å²) in [5, 5.41) is 0.994. The number of rotatable bonds is 6. The van der Waals surface area contributed by atoms with Crippen LogP contribution in [0.5, 0.6) is 0 Å². The summed E-state index contributed by atoms with van der Waals surface area (Å²) in [6.07, 6.45) is 3.67. The maximum Gasteiger partial charge on any atom is 0.338 e. The molecule has 3 heterocycles. The fourth-order valence-electron chi connectivity index (χ4n) is 4.29. The molecule has 0 fully saturated rings. The van der Waals surface area contributed by atoms with Gasteiger partial charge in [0.2, 0.25) is 0 Å². The van der Waals surface area contributed by atoms with E-state index in [2.05, 4.69) is 4.99 Å². The number of furan rings is 1. The second-order valence-electron chi connectivity index (χ2n) is 8.40. The Balaban J connectivity index is 1.63. The third-order valence-corrected chi connectivity index (χ3v) is 8.32. The molecular formula is C28H22Cl2N2O4S2. The molecule has 38 heavy (non-hydrogen) atoms. The number of thioether (sulfide) groups is 1. The smallest absolute Gasteiger partial charge is 0.338 e. The largest absolute Gasteiger partial charge is 0.463 e. The van der Waals surface area contributed by atoms with Gasteiger partial charge in [-0.15, -0.1) is 11.8 Å². The van der Waals surface area contributed by atoms with Gasteiger partial charge in [-0.1, -0.05) is 46.7 Å². The first-order valence-corrected chi connectivity index (χ1v) is 14.5. The van der Waals surface area contributed by atoms with E-state index in [9.17, 15) is 9.59 Å². The number of aromatic nitrogens is 1. The molecule has 0 amide bonds. The lowest BCUT2D eigenvalue weighted by Crippen LogP contribution is -2.39. The van der Waals surface area contributed by atoms with E-state index in [0.717, 1.165) is 10.5 Å². The Morgan fingerprint density at radius 3 is 2.63 bits per heavy atom. The molecule has 0 saturated carbocycles. The number of esters is 1. The molecule has 1 aliphatic rings. The SMILES string of the molecule is CCOC(=O)C1=C(C)N=c2s/c(=C\c3ccc(-c4ccc(Cl)cc4Cl)o3)c(=O)n2C1c1ccc(SC)cc1. The van der Waals surface area contributed by atoms with Crippen LogP contribution in [0.1, 0.15) is 31.2 Å². The van der Waals surface area contributed by atoms with Crippen molar-refractivity contribution in [2.75, 3.05) is 12.9 Å². The van der Waals surface area contributed by atoms with Crippen molar-refractivity contribution >= 4 is 58.3 Å². The van der Waals surface area contributed by atoms with Crippen molar-refractivity contribution in [3.05, 3.63) is 107 Å². The number of ether oxygens (including phenoxy) is 1. The molecule has 0 radical (unpaired) electrons. The third kappa shape index (κ3) is 5.01. The van der Waals surface area contributed by atoms with Crippen LogP contribution in [0.4, 0.5) is 0 Å². The van der Waals surface area contributed by atoms with E-state index in [1.54, 1.807) is 66.6 Å². The topological polar surface area (TPSA) is 73.8 Å². The number of thiazole rings is 1. The van der Waals surface area contributed by atoms with Crippen LogP contribution in [0, 0.1) is 0 Å². The second kappa shape index (κ2) is 11.0. The number of carbonyl (C=O) groups excluding carboxylic acids is 1. The fourth-order valence-corrected chi connectivity index (χ4v) is 6.22. The van der Waals surface area contributed by atoms with Gasteiger partial charge in [-0.25, -0.2) is 9.79 Å². The lowest BCUT2D eigenvalue weighted by atomic mass is 9.96. The molecule has 2 aromatic carbocycles. The highest BCUT2D eigenvalue weighted by Crippen LogP contribution is 2.33. The number of hydrogen-bond donors (Lipinski definition) is 0. The number of halogens is 2. The van der Waals surface area contributed by atoms with Crippen molar-refractivity contribution < 1.29 is 13.9 Å². The third-order valence-electron chi connectivity index (χ3n) is 6.05. The Labute approximate surface area is 236 Å². The second-order valence-corrected chi connectivity index (χ2v) is 11.1. The minimum atomic E-state index is -0.664. The minimum Gasteiger partial charge on any atom is -0.463 e. The summed E-state index contributed by atoms with van der Waals surface area (Å²) in [6.45, 7) is 3.73. The van der Waals surface area contributed by atoms with Crippen molar-refractivity contribution in [1.29, 1.82) is 0 Å². The average molecular weight is 586 g/mol.